The van der Waals surface area contributed by atoms with Crippen molar-refractivity contribution in [3.63, 3.8) is 0 Å². The van der Waals surface area contributed by atoms with Crippen molar-refractivity contribution in [2.45, 2.75) is 38.5 Å². The van der Waals surface area contributed by atoms with E-state index in [0.29, 0.717) is 5.82 Å². The van der Waals surface area contributed by atoms with Gasteiger partial charge in [-0.2, -0.15) is 0 Å². The van der Waals surface area contributed by atoms with E-state index in [4.69, 9.17) is 24.9 Å². The topological polar surface area (TPSA) is 67.8 Å². The lowest BCUT2D eigenvalue weighted by atomic mass is 9.83. The SMILES string of the molecule is C=C(\C=C(/N=C(\C=C\C)c1ccc2c3ccc(-c4nc(-c5ccccc5)cc(C5C=CC=CC5)n4)cc3n(C3=Nc4ccccc4C4=Nc5ccccc5C[C@@H]43)c2c1)C1=CCCC=C1)c1ccccc1. The van der Waals surface area contributed by atoms with Gasteiger partial charge in [0.1, 0.15) is 5.84 Å². The molecule has 6 heteroatoms. The fourth-order valence-corrected chi connectivity index (χ4v) is 10.2. The number of hydrogen-bond donors (Lipinski definition) is 0. The number of para-hydroxylation sites is 2. The zero-order valence-corrected chi connectivity index (χ0v) is 39.1. The van der Waals surface area contributed by atoms with E-state index >= 15 is 0 Å². The molecule has 2 atom stereocenters. The minimum absolute atomic E-state index is 0.112. The maximum absolute atomic E-state index is 5.63. The van der Waals surface area contributed by atoms with Gasteiger partial charge in [-0.15, -0.1) is 0 Å². The molecule has 1 unspecified atom stereocenters. The lowest BCUT2D eigenvalue weighted by Gasteiger charge is -2.31. The fourth-order valence-electron chi connectivity index (χ4n) is 10.2. The molecule has 6 nitrogen and oxygen atoms in total. The molecule has 12 rings (SSSR count). The first-order valence-corrected chi connectivity index (χ1v) is 24.3. The predicted octanol–water partition coefficient (Wildman–Crippen LogP) is 15.6. The normalized spacial score (nSPS) is 17.5. The first-order valence-electron chi connectivity index (χ1n) is 24.3. The molecule has 2 aromatic heterocycles. The number of aliphatic imine (C=N–C) groups is 3. The zero-order chi connectivity index (χ0) is 47.0. The minimum Gasteiger partial charge on any atom is -0.297 e. The molecule has 0 saturated carbocycles. The molecule has 0 radical (unpaired) electrons. The molecule has 6 aromatic carbocycles. The number of nitrogens with zero attached hydrogens (tertiary/aromatic N) is 6. The highest BCUT2D eigenvalue weighted by Crippen LogP contribution is 2.42. The molecule has 70 heavy (non-hydrogen) atoms. The van der Waals surface area contributed by atoms with Crippen molar-refractivity contribution in [3.8, 4) is 22.6 Å². The third-order valence-electron chi connectivity index (χ3n) is 13.8. The first kappa shape index (κ1) is 42.7. The fraction of sp³-hybridized carbons (Fsp3) is 0.109. The van der Waals surface area contributed by atoms with Crippen LogP contribution in [0, 0.1) is 5.92 Å². The average Bonchev–Trinajstić information content (AvgIpc) is 3.75. The Labute approximate surface area is 409 Å². The van der Waals surface area contributed by atoms with Gasteiger partial charge in [-0.3, -0.25) is 9.56 Å². The predicted molar refractivity (Wildman–Crippen MR) is 292 cm³/mol. The van der Waals surface area contributed by atoms with E-state index in [9.17, 15) is 0 Å². The molecule has 0 amide bonds. The summed E-state index contributed by atoms with van der Waals surface area (Å²) in [5.41, 5.74) is 17.0. The van der Waals surface area contributed by atoms with Gasteiger partial charge in [0, 0.05) is 38.9 Å². The Morgan fingerprint density at radius 3 is 2.27 bits per heavy atom. The molecule has 0 fully saturated rings. The Balaban J connectivity index is 1.09. The van der Waals surface area contributed by atoms with Crippen LogP contribution in [0.15, 0.2) is 245 Å². The van der Waals surface area contributed by atoms with Gasteiger partial charge >= 0.3 is 0 Å². The van der Waals surface area contributed by atoms with Crippen LogP contribution in [-0.4, -0.2) is 31.8 Å². The van der Waals surface area contributed by atoms with Crippen molar-refractivity contribution in [1.29, 1.82) is 0 Å². The molecule has 336 valence electrons. The lowest BCUT2D eigenvalue weighted by Crippen LogP contribution is -2.36. The summed E-state index contributed by atoms with van der Waals surface area (Å²) in [6.07, 6.45) is 25.3. The minimum atomic E-state index is -0.112. The van der Waals surface area contributed by atoms with Crippen molar-refractivity contribution in [2.75, 3.05) is 0 Å². The smallest absolute Gasteiger partial charge is 0.160 e. The van der Waals surface area contributed by atoms with Crippen molar-refractivity contribution >= 4 is 56.0 Å². The highest BCUT2D eigenvalue weighted by Gasteiger charge is 2.36. The van der Waals surface area contributed by atoms with Crippen LogP contribution in [0.25, 0.3) is 50.0 Å². The van der Waals surface area contributed by atoms with Crippen molar-refractivity contribution in [3.05, 3.63) is 258 Å². The maximum atomic E-state index is 5.63. The quantitative estimate of drug-likeness (QED) is 0.107. The van der Waals surface area contributed by atoms with E-state index in [2.05, 4.69) is 218 Å². The van der Waals surface area contributed by atoms with E-state index in [1.165, 1.54) is 5.56 Å². The van der Waals surface area contributed by atoms with Gasteiger partial charge in [0.25, 0.3) is 0 Å². The summed E-state index contributed by atoms with van der Waals surface area (Å²) >= 11 is 0. The van der Waals surface area contributed by atoms with Crippen LogP contribution in [0.3, 0.4) is 0 Å². The van der Waals surface area contributed by atoms with Gasteiger partial charge in [0.2, 0.25) is 0 Å². The highest BCUT2D eigenvalue weighted by atomic mass is 15.1. The molecular formula is C64H50N6. The van der Waals surface area contributed by atoms with Gasteiger partial charge in [-0.1, -0.05) is 177 Å². The van der Waals surface area contributed by atoms with Crippen LogP contribution in [0.5, 0.6) is 0 Å². The number of hydrogen-bond acceptors (Lipinski definition) is 5. The number of benzene rings is 6. The molecule has 2 aliphatic carbocycles. The van der Waals surface area contributed by atoms with E-state index in [-0.39, 0.29) is 11.8 Å². The van der Waals surface area contributed by atoms with Crippen LogP contribution >= 0.6 is 0 Å². The monoisotopic (exact) mass is 902 g/mol. The van der Waals surface area contributed by atoms with Gasteiger partial charge in [0.05, 0.1) is 56.8 Å². The van der Waals surface area contributed by atoms with Gasteiger partial charge in [0.15, 0.2) is 5.82 Å². The van der Waals surface area contributed by atoms with E-state index < -0.39 is 0 Å². The molecule has 0 bridgehead atoms. The van der Waals surface area contributed by atoms with Gasteiger partial charge in [-0.25, -0.2) is 20.0 Å². The summed E-state index contributed by atoms with van der Waals surface area (Å²) in [6.45, 7) is 6.55. The molecule has 4 aliphatic rings. The summed E-state index contributed by atoms with van der Waals surface area (Å²) in [7, 11) is 0. The zero-order valence-electron chi connectivity index (χ0n) is 39.1. The Morgan fingerprint density at radius 2 is 1.47 bits per heavy atom. The largest absolute Gasteiger partial charge is 0.297 e. The lowest BCUT2D eigenvalue weighted by molar-refractivity contribution is 0.811. The second-order valence-electron chi connectivity index (χ2n) is 18.2. The van der Waals surface area contributed by atoms with E-state index in [1.54, 1.807) is 0 Å². The van der Waals surface area contributed by atoms with Crippen LogP contribution in [-0.2, 0) is 6.42 Å². The third kappa shape index (κ3) is 8.07. The Kier molecular flexibility index (Phi) is 11.3. The molecule has 0 saturated heterocycles. The second-order valence-corrected chi connectivity index (χ2v) is 18.2. The third-order valence-corrected chi connectivity index (χ3v) is 13.8. The Morgan fingerprint density at radius 1 is 0.700 bits per heavy atom. The summed E-state index contributed by atoms with van der Waals surface area (Å²) in [5.74, 6) is 1.66. The summed E-state index contributed by atoms with van der Waals surface area (Å²) < 4.78 is 2.39. The average molecular weight is 903 g/mol. The maximum Gasteiger partial charge on any atom is 0.160 e. The van der Waals surface area contributed by atoms with Crippen molar-refractivity contribution in [1.82, 2.24) is 14.5 Å². The summed E-state index contributed by atoms with van der Waals surface area (Å²) in [6, 6.07) is 53.3. The summed E-state index contributed by atoms with van der Waals surface area (Å²) in [5, 5.41) is 2.23. The van der Waals surface area contributed by atoms with Crippen molar-refractivity contribution < 1.29 is 0 Å². The number of rotatable bonds is 9. The van der Waals surface area contributed by atoms with Crippen LogP contribution < -0.4 is 0 Å². The van der Waals surface area contributed by atoms with Crippen LogP contribution in [0.4, 0.5) is 11.4 Å². The number of aromatic nitrogens is 3. The molecular weight excluding hydrogens is 853 g/mol. The standard InChI is InChI=1S/C64H50N6/c1-3-20-54(65-57(44-23-10-5-11-24-44)37-42(2)43-21-8-4-9-22-43)48-33-35-50-51-36-34-49(63-67-58(45-25-12-6-13-26-45)41-59(68-63)46-27-14-7-15-28-46)40-61(51)70(60(50)39-48)64-53-38-47-29-16-18-31-55(47)66-62(53)52-30-17-19-32-56(52)69-64/h3-4,6-10,12-27,29-37,39-41,46,53H,2,5,11,28,38H2,1H3/b20-3+,57-37-,65-54+/t46?,53-/m0/s1. The molecule has 0 N–H and O–H groups in total. The molecule has 2 aliphatic heterocycles. The second kappa shape index (κ2) is 18.5. The van der Waals surface area contributed by atoms with Crippen molar-refractivity contribution in [2.24, 2.45) is 20.9 Å². The molecule has 4 heterocycles. The van der Waals surface area contributed by atoms with E-state index in [0.717, 1.165) is 132 Å². The molecule has 0 spiro atoms. The highest BCUT2D eigenvalue weighted by molar-refractivity contribution is 6.26. The Bertz CT molecular complexity index is 3680. The Hall–Kier alpha value is -8.61. The number of fused-ring (bicyclic) bond motifs is 7. The van der Waals surface area contributed by atoms with Crippen LogP contribution in [0.2, 0.25) is 0 Å². The number of allylic oxidation sites excluding steroid dienone is 11. The van der Waals surface area contributed by atoms with E-state index in [1.807, 2.05) is 12.1 Å². The van der Waals surface area contributed by atoms with Gasteiger partial charge < -0.3 is 0 Å². The first-order chi connectivity index (χ1) is 34.6. The molecule has 8 aromatic rings. The summed E-state index contributed by atoms with van der Waals surface area (Å²) in [4.78, 5) is 27.2. The van der Waals surface area contributed by atoms with Gasteiger partial charge in [-0.05, 0) is 97.4 Å². The van der Waals surface area contributed by atoms with Crippen LogP contribution in [0.1, 0.15) is 60.1 Å².